The van der Waals surface area contributed by atoms with Crippen molar-refractivity contribution in [2.75, 3.05) is 18.5 Å². The Balaban J connectivity index is 2.01. The number of nitrogens with zero attached hydrogens (tertiary/aromatic N) is 2. The predicted molar refractivity (Wildman–Crippen MR) is 68.8 cm³/mol. The summed E-state index contributed by atoms with van der Waals surface area (Å²) in [5.41, 5.74) is 2.61. The van der Waals surface area contributed by atoms with Crippen LogP contribution in [0.4, 0.5) is 5.69 Å². The van der Waals surface area contributed by atoms with Crippen LogP contribution < -0.4 is 9.64 Å². The molecule has 3 nitrogen and oxygen atoms in total. The minimum Gasteiger partial charge on any atom is -0.468 e. The zero-order valence-electron chi connectivity index (χ0n) is 11.1. The van der Waals surface area contributed by atoms with E-state index in [9.17, 15) is 0 Å². The highest BCUT2D eigenvalue weighted by atomic mass is 16.5. The number of hydrogen-bond donors (Lipinski definition) is 0. The molecule has 0 unspecified atom stereocenters. The first kappa shape index (κ1) is 10.9. The highest BCUT2D eigenvalue weighted by Gasteiger charge is 2.50. The van der Waals surface area contributed by atoms with Gasteiger partial charge >= 0.3 is 0 Å². The van der Waals surface area contributed by atoms with E-state index in [-0.39, 0.29) is 11.0 Å². The van der Waals surface area contributed by atoms with E-state index in [2.05, 4.69) is 43.8 Å². The first-order valence-electron chi connectivity index (χ1n) is 6.30. The Morgan fingerprint density at radius 1 is 1.35 bits per heavy atom. The summed E-state index contributed by atoms with van der Waals surface area (Å²) in [6.07, 6.45) is 4.28. The molecule has 0 aromatic carbocycles. The predicted octanol–water partition coefficient (Wildman–Crippen LogP) is 2.74. The summed E-state index contributed by atoms with van der Waals surface area (Å²) in [5.74, 6) is 0.809. The number of hydrogen-bond acceptors (Lipinski definition) is 3. The van der Waals surface area contributed by atoms with E-state index >= 15 is 0 Å². The standard InChI is InChI=1S/C14H20N2O/c1-13(2,3)10-7-11-12(15-8-10)17-14(5-6-14)9-16(11)4/h7-8H,5-6,9H2,1-4H3. The van der Waals surface area contributed by atoms with Crippen molar-refractivity contribution in [3.8, 4) is 5.88 Å². The molecular weight excluding hydrogens is 212 g/mol. The number of rotatable bonds is 0. The number of pyridine rings is 1. The first-order chi connectivity index (χ1) is 7.90. The lowest BCUT2D eigenvalue weighted by molar-refractivity contribution is 0.165. The number of aromatic nitrogens is 1. The van der Waals surface area contributed by atoms with Crippen LogP contribution in [-0.2, 0) is 5.41 Å². The summed E-state index contributed by atoms with van der Waals surface area (Å²) in [6.45, 7) is 7.63. The molecule has 17 heavy (non-hydrogen) atoms. The Morgan fingerprint density at radius 3 is 2.65 bits per heavy atom. The number of likely N-dealkylation sites (N-methyl/N-ethyl adjacent to an activating group) is 1. The van der Waals surface area contributed by atoms with Crippen molar-refractivity contribution >= 4 is 5.69 Å². The van der Waals surface area contributed by atoms with Crippen molar-refractivity contribution in [3.05, 3.63) is 17.8 Å². The molecular formula is C14H20N2O. The fourth-order valence-electron chi connectivity index (χ4n) is 2.36. The maximum Gasteiger partial charge on any atom is 0.238 e. The topological polar surface area (TPSA) is 25.4 Å². The molecule has 0 radical (unpaired) electrons. The van der Waals surface area contributed by atoms with E-state index in [1.165, 1.54) is 18.4 Å². The molecule has 1 aliphatic heterocycles. The normalized spacial score (nSPS) is 21.1. The molecule has 3 heteroatoms. The summed E-state index contributed by atoms with van der Waals surface area (Å²) in [7, 11) is 2.13. The minimum absolute atomic E-state index is 0.0813. The SMILES string of the molecule is CN1CC2(CC2)Oc2ncc(C(C)(C)C)cc21. The van der Waals surface area contributed by atoms with E-state index in [0.717, 1.165) is 18.1 Å². The molecule has 0 amide bonds. The molecule has 1 spiro atoms. The summed E-state index contributed by atoms with van der Waals surface area (Å²) in [6, 6.07) is 2.22. The fraction of sp³-hybridized carbons (Fsp3) is 0.643. The molecule has 1 fully saturated rings. The third-order valence-corrected chi connectivity index (χ3v) is 3.76. The van der Waals surface area contributed by atoms with Gasteiger partial charge in [-0.2, -0.15) is 0 Å². The van der Waals surface area contributed by atoms with Gasteiger partial charge in [0.05, 0.1) is 6.54 Å². The number of ether oxygens (including phenoxy) is 1. The van der Waals surface area contributed by atoms with Crippen molar-refractivity contribution in [3.63, 3.8) is 0 Å². The van der Waals surface area contributed by atoms with Crippen LogP contribution in [0.15, 0.2) is 12.3 Å². The Labute approximate surface area is 103 Å². The second-order valence-corrected chi connectivity index (χ2v) is 6.44. The van der Waals surface area contributed by atoms with Gasteiger partial charge in [-0.3, -0.25) is 0 Å². The Bertz CT molecular complexity index is 458. The highest BCUT2D eigenvalue weighted by molar-refractivity contribution is 5.59. The summed E-state index contributed by atoms with van der Waals surface area (Å²) in [4.78, 5) is 6.79. The van der Waals surface area contributed by atoms with Crippen LogP contribution in [0.5, 0.6) is 5.88 Å². The first-order valence-corrected chi connectivity index (χ1v) is 6.30. The molecule has 1 aliphatic carbocycles. The average Bonchev–Trinajstić information content (AvgIpc) is 2.95. The van der Waals surface area contributed by atoms with Gasteiger partial charge in [0.1, 0.15) is 11.3 Å². The lowest BCUT2D eigenvalue weighted by Gasteiger charge is -2.34. The third kappa shape index (κ3) is 1.78. The van der Waals surface area contributed by atoms with Crippen LogP contribution >= 0.6 is 0 Å². The lowest BCUT2D eigenvalue weighted by atomic mass is 9.88. The van der Waals surface area contributed by atoms with E-state index in [4.69, 9.17) is 4.74 Å². The second-order valence-electron chi connectivity index (χ2n) is 6.44. The molecule has 92 valence electrons. The van der Waals surface area contributed by atoms with E-state index in [1.807, 2.05) is 6.20 Å². The summed E-state index contributed by atoms with van der Waals surface area (Å²) < 4.78 is 6.02. The monoisotopic (exact) mass is 232 g/mol. The maximum absolute atomic E-state index is 6.02. The highest BCUT2D eigenvalue weighted by Crippen LogP contribution is 2.47. The van der Waals surface area contributed by atoms with Gasteiger partial charge in [-0.1, -0.05) is 20.8 Å². The maximum atomic E-state index is 6.02. The van der Waals surface area contributed by atoms with Gasteiger partial charge in [-0.25, -0.2) is 4.98 Å². The molecule has 1 saturated carbocycles. The molecule has 1 aromatic rings. The Hall–Kier alpha value is -1.25. The van der Waals surface area contributed by atoms with Crippen LogP contribution in [-0.4, -0.2) is 24.2 Å². The Kier molecular flexibility index (Phi) is 2.02. The van der Waals surface area contributed by atoms with Gasteiger partial charge in [-0.15, -0.1) is 0 Å². The van der Waals surface area contributed by atoms with Crippen molar-refractivity contribution in [2.45, 2.75) is 44.6 Å². The van der Waals surface area contributed by atoms with Crippen LogP contribution in [0.2, 0.25) is 0 Å². The second kappa shape index (κ2) is 3.15. The minimum atomic E-state index is 0.0813. The van der Waals surface area contributed by atoms with E-state index < -0.39 is 0 Å². The third-order valence-electron chi connectivity index (χ3n) is 3.76. The largest absolute Gasteiger partial charge is 0.468 e. The van der Waals surface area contributed by atoms with Crippen LogP contribution in [0.3, 0.4) is 0 Å². The smallest absolute Gasteiger partial charge is 0.238 e. The van der Waals surface area contributed by atoms with Crippen molar-refractivity contribution in [1.82, 2.24) is 4.98 Å². The van der Waals surface area contributed by atoms with Gasteiger partial charge < -0.3 is 9.64 Å². The quantitative estimate of drug-likeness (QED) is 0.687. The molecule has 3 rings (SSSR count). The van der Waals surface area contributed by atoms with Crippen LogP contribution in [0, 0.1) is 0 Å². The van der Waals surface area contributed by atoms with Crippen molar-refractivity contribution in [1.29, 1.82) is 0 Å². The average molecular weight is 232 g/mol. The lowest BCUT2D eigenvalue weighted by Crippen LogP contribution is -2.40. The van der Waals surface area contributed by atoms with Gasteiger partial charge in [0, 0.05) is 13.2 Å². The molecule has 0 bridgehead atoms. The molecule has 0 N–H and O–H groups in total. The number of anilines is 1. The van der Waals surface area contributed by atoms with E-state index in [0.29, 0.717) is 0 Å². The van der Waals surface area contributed by atoms with Crippen LogP contribution in [0.1, 0.15) is 39.2 Å². The van der Waals surface area contributed by atoms with Gasteiger partial charge in [0.2, 0.25) is 5.88 Å². The summed E-state index contributed by atoms with van der Waals surface area (Å²) in [5, 5.41) is 0. The van der Waals surface area contributed by atoms with Crippen molar-refractivity contribution in [2.24, 2.45) is 0 Å². The molecule has 2 aliphatic rings. The molecule has 0 saturated heterocycles. The van der Waals surface area contributed by atoms with Gasteiger partial charge in [-0.05, 0) is 29.9 Å². The zero-order chi connectivity index (χ0) is 12.3. The van der Waals surface area contributed by atoms with Crippen LogP contribution in [0.25, 0.3) is 0 Å². The number of fused-ring (bicyclic) bond motifs is 1. The van der Waals surface area contributed by atoms with Gasteiger partial charge in [0.15, 0.2) is 0 Å². The van der Waals surface area contributed by atoms with Crippen molar-refractivity contribution < 1.29 is 4.74 Å². The molecule has 0 atom stereocenters. The summed E-state index contributed by atoms with van der Waals surface area (Å²) >= 11 is 0. The molecule has 1 aromatic heterocycles. The van der Waals surface area contributed by atoms with E-state index in [1.54, 1.807) is 0 Å². The molecule has 2 heterocycles. The van der Waals surface area contributed by atoms with Gasteiger partial charge in [0.25, 0.3) is 0 Å². The Morgan fingerprint density at radius 2 is 2.06 bits per heavy atom. The fourth-order valence-corrected chi connectivity index (χ4v) is 2.36. The zero-order valence-corrected chi connectivity index (χ0v) is 11.1.